The van der Waals surface area contributed by atoms with Crippen LogP contribution in [0.25, 0.3) is 11.2 Å². The highest BCUT2D eigenvalue weighted by atomic mass is 16.2. The lowest BCUT2D eigenvalue weighted by Gasteiger charge is -2.10. The van der Waals surface area contributed by atoms with E-state index in [0.29, 0.717) is 12.2 Å². The monoisotopic (exact) mass is 402 g/mol. The van der Waals surface area contributed by atoms with Gasteiger partial charge in [0.2, 0.25) is 5.91 Å². The van der Waals surface area contributed by atoms with Crippen LogP contribution in [0.3, 0.4) is 0 Å². The van der Waals surface area contributed by atoms with Crippen molar-refractivity contribution in [1.82, 2.24) is 24.5 Å². The van der Waals surface area contributed by atoms with E-state index in [1.807, 2.05) is 63.2 Å². The molecule has 0 spiro atoms. The Kier molecular flexibility index (Phi) is 5.14. The Morgan fingerprint density at radius 1 is 1.03 bits per heavy atom. The maximum atomic E-state index is 12.8. The summed E-state index contributed by atoms with van der Waals surface area (Å²) in [6.45, 7) is 6.20. The minimum absolute atomic E-state index is 0.143. The van der Waals surface area contributed by atoms with Crippen LogP contribution in [0.4, 0.5) is 5.69 Å². The van der Waals surface area contributed by atoms with Crippen molar-refractivity contribution in [3.05, 3.63) is 81.4 Å². The largest absolute Gasteiger partial charge is 0.324 e. The summed E-state index contributed by atoms with van der Waals surface area (Å²) in [5, 5.41) is 10.9. The van der Waals surface area contributed by atoms with Gasteiger partial charge in [-0.1, -0.05) is 47.2 Å². The van der Waals surface area contributed by atoms with Crippen LogP contribution in [0, 0.1) is 20.8 Å². The summed E-state index contributed by atoms with van der Waals surface area (Å²) in [5.41, 5.74) is 5.07. The second-order valence-corrected chi connectivity index (χ2v) is 7.45. The van der Waals surface area contributed by atoms with Gasteiger partial charge in [0, 0.05) is 5.69 Å². The van der Waals surface area contributed by atoms with E-state index < -0.39 is 5.56 Å². The fourth-order valence-electron chi connectivity index (χ4n) is 3.19. The molecule has 152 valence electrons. The van der Waals surface area contributed by atoms with Crippen molar-refractivity contribution >= 4 is 22.8 Å². The number of nitrogens with zero attached hydrogens (tertiary/aromatic N) is 5. The molecule has 2 aromatic carbocycles. The molecular formula is C22H22N6O2. The standard InChI is InChI=1S/C22H22N6O2/c1-14-5-8-17(9-6-14)11-28-21-20(25-26-28)22(30)27(13-23-21)12-19(29)24-18-10-15(2)4-7-16(18)3/h4-10,13H,11-12H2,1-3H3,(H,24,29). The van der Waals surface area contributed by atoms with E-state index in [1.54, 1.807) is 4.68 Å². The van der Waals surface area contributed by atoms with Gasteiger partial charge >= 0.3 is 0 Å². The number of nitrogens with one attached hydrogen (secondary N) is 1. The first-order valence-corrected chi connectivity index (χ1v) is 9.62. The number of hydrogen-bond donors (Lipinski definition) is 1. The van der Waals surface area contributed by atoms with Gasteiger partial charge in [0.25, 0.3) is 5.56 Å². The summed E-state index contributed by atoms with van der Waals surface area (Å²) in [5.74, 6) is -0.306. The second kappa shape index (κ2) is 7.90. The molecular weight excluding hydrogens is 380 g/mol. The average molecular weight is 402 g/mol. The maximum Gasteiger partial charge on any atom is 0.283 e. The Balaban J connectivity index is 1.55. The lowest BCUT2D eigenvalue weighted by molar-refractivity contribution is -0.116. The average Bonchev–Trinajstić information content (AvgIpc) is 3.12. The first-order chi connectivity index (χ1) is 14.4. The Labute approximate surface area is 173 Å². The minimum atomic E-state index is -0.397. The van der Waals surface area contributed by atoms with E-state index in [2.05, 4.69) is 20.6 Å². The van der Waals surface area contributed by atoms with Crippen molar-refractivity contribution in [1.29, 1.82) is 0 Å². The predicted octanol–water partition coefficient (Wildman–Crippen LogP) is 2.60. The van der Waals surface area contributed by atoms with E-state index in [1.165, 1.54) is 16.5 Å². The molecule has 0 saturated heterocycles. The molecule has 30 heavy (non-hydrogen) atoms. The number of hydrogen-bond acceptors (Lipinski definition) is 5. The SMILES string of the molecule is Cc1ccc(Cn2nnc3c(=O)n(CC(=O)Nc4cc(C)ccc4C)cnc32)cc1. The molecule has 4 rings (SSSR count). The molecule has 0 aliphatic carbocycles. The summed E-state index contributed by atoms with van der Waals surface area (Å²) in [7, 11) is 0. The lowest BCUT2D eigenvalue weighted by Crippen LogP contribution is -2.28. The van der Waals surface area contributed by atoms with Gasteiger partial charge in [0.05, 0.1) is 6.54 Å². The molecule has 0 bridgehead atoms. The molecule has 0 unspecified atom stereocenters. The van der Waals surface area contributed by atoms with Gasteiger partial charge in [0.15, 0.2) is 11.2 Å². The van der Waals surface area contributed by atoms with Crippen LogP contribution in [0.15, 0.2) is 53.6 Å². The molecule has 2 heterocycles. The Bertz CT molecular complexity index is 1290. The number of aryl methyl sites for hydroxylation is 3. The quantitative estimate of drug-likeness (QED) is 0.554. The molecule has 0 aliphatic rings. The van der Waals surface area contributed by atoms with Crippen molar-refractivity contribution < 1.29 is 4.79 Å². The zero-order valence-corrected chi connectivity index (χ0v) is 17.1. The fourth-order valence-corrected chi connectivity index (χ4v) is 3.19. The zero-order valence-electron chi connectivity index (χ0n) is 17.1. The van der Waals surface area contributed by atoms with Crippen molar-refractivity contribution in [3.63, 3.8) is 0 Å². The number of fused-ring (bicyclic) bond motifs is 1. The fraction of sp³-hybridized carbons (Fsp3) is 0.227. The van der Waals surface area contributed by atoms with E-state index in [0.717, 1.165) is 22.4 Å². The third kappa shape index (κ3) is 3.98. The van der Waals surface area contributed by atoms with Crippen LogP contribution in [0.2, 0.25) is 0 Å². The molecule has 0 aliphatic heterocycles. The molecule has 1 amide bonds. The van der Waals surface area contributed by atoms with Crippen LogP contribution >= 0.6 is 0 Å². The first kappa shape index (κ1) is 19.5. The topological polar surface area (TPSA) is 94.7 Å². The Hall–Kier alpha value is -3.81. The summed E-state index contributed by atoms with van der Waals surface area (Å²) in [6.07, 6.45) is 1.36. The summed E-state index contributed by atoms with van der Waals surface area (Å²) >= 11 is 0. The molecule has 8 nitrogen and oxygen atoms in total. The molecule has 8 heteroatoms. The van der Waals surface area contributed by atoms with Crippen LogP contribution in [0.5, 0.6) is 0 Å². The zero-order chi connectivity index (χ0) is 21.3. The van der Waals surface area contributed by atoms with Gasteiger partial charge in [-0.15, -0.1) is 5.10 Å². The van der Waals surface area contributed by atoms with Gasteiger partial charge < -0.3 is 5.32 Å². The number of rotatable bonds is 5. The van der Waals surface area contributed by atoms with Gasteiger partial charge in [-0.05, 0) is 43.5 Å². The molecule has 2 aromatic heterocycles. The Morgan fingerprint density at radius 2 is 1.77 bits per heavy atom. The highest BCUT2D eigenvalue weighted by Crippen LogP contribution is 2.16. The van der Waals surface area contributed by atoms with Gasteiger partial charge in [-0.2, -0.15) is 0 Å². The third-order valence-electron chi connectivity index (χ3n) is 4.93. The maximum absolute atomic E-state index is 12.8. The highest BCUT2D eigenvalue weighted by Gasteiger charge is 2.14. The second-order valence-electron chi connectivity index (χ2n) is 7.45. The van der Waals surface area contributed by atoms with Crippen molar-refractivity contribution in [2.24, 2.45) is 0 Å². The van der Waals surface area contributed by atoms with E-state index in [9.17, 15) is 9.59 Å². The first-order valence-electron chi connectivity index (χ1n) is 9.62. The Morgan fingerprint density at radius 3 is 2.53 bits per heavy atom. The number of anilines is 1. The smallest absolute Gasteiger partial charge is 0.283 e. The molecule has 4 aromatic rings. The predicted molar refractivity (Wildman–Crippen MR) is 114 cm³/mol. The van der Waals surface area contributed by atoms with E-state index in [-0.39, 0.29) is 18.0 Å². The molecule has 0 radical (unpaired) electrons. The summed E-state index contributed by atoms with van der Waals surface area (Å²) in [6, 6.07) is 13.9. The normalized spacial score (nSPS) is 11.0. The van der Waals surface area contributed by atoms with Gasteiger partial charge in [0.1, 0.15) is 12.9 Å². The molecule has 1 N–H and O–H groups in total. The van der Waals surface area contributed by atoms with E-state index in [4.69, 9.17) is 0 Å². The van der Waals surface area contributed by atoms with Gasteiger partial charge in [-0.3, -0.25) is 14.2 Å². The van der Waals surface area contributed by atoms with Crippen LogP contribution in [0.1, 0.15) is 22.3 Å². The summed E-state index contributed by atoms with van der Waals surface area (Å²) < 4.78 is 2.83. The van der Waals surface area contributed by atoms with Crippen molar-refractivity contribution in [2.75, 3.05) is 5.32 Å². The minimum Gasteiger partial charge on any atom is -0.324 e. The number of carbonyl (C=O) groups is 1. The molecule has 0 fully saturated rings. The van der Waals surface area contributed by atoms with Crippen LogP contribution in [-0.2, 0) is 17.9 Å². The highest BCUT2D eigenvalue weighted by molar-refractivity contribution is 5.91. The van der Waals surface area contributed by atoms with Crippen LogP contribution < -0.4 is 10.9 Å². The van der Waals surface area contributed by atoms with Crippen molar-refractivity contribution in [2.45, 2.75) is 33.9 Å². The van der Waals surface area contributed by atoms with Gasteiger partial charge in [-0.25, -0.2) is 9.67 Å². The number of amides is 1. The number of carbonyl (C=O) groups excluding carboxylic acids is 1. The molecule has 0 saturated carbocycles. The third-order valence-corrected chi connectivity index (χ3v) is 4.93. The van der Waals surface area contributed by atoms with Crippen LogP contribution in [-0.4, -0.2) is 30.5 Å². The lowest BCUT2D eigenvalue weighted by atomic mass is 10.1. The molecule has 0 atom stereocenters. The van der Waals surface area contributed by atoms with Crippen molar-refractivity contribution in [3.8, 4) is 0 Å². The number of benzene rings is 2. The van der Waals surface area contributed by atoms with E-state index >= 15 is 0 Å². The summed E-state index contributed by atoms with van der Waals surface area (Å²) in [4.78, 5) is 29.6. The number of aromatic nitrogens is 5.